The smallest absolute Gasteiger partial charge is 0.272 e. The highest BCUT2D eigenvalue weighted by molar-refractivity contribution is 5.53. The molecule has 1 saturated heterocycles. The predicted octanol–water partition coefficient (Wildman–Crippen LogP) is 1.55. The number of nitro groups is 1. The van der Waals surface area contributed by atoms with E-state index in [0.717, 1.165) is 12.5 Å². The minimum absolute atomic E-state index is 0.0884. The molecule has 1 aliphatic heterocycles. The first-order chi connectivity index (χ1) is 8.11. The van der Waals surface area contributed by atoms with Crippen molar-refractivity contribution in [2.75, 3.05) is 24.6 Å². The Bertz CT molecular complexity index is 439. The van der Waals surface area contributed by atoms with Gasteiger partial charge in [-0.15, -0.1) is 0 Å². The van der Waals surface area contributed by atoms with E-state index in [1.165, 1.54) is 12.1 Å². The molecule has 0 spiro atoms. The van der Waals surface area contributed by atoms with Crippen LogP contribution in [-0.2, 0) is 0 Å². The van der Waals surface area contributed by atoms with E-state index in [1.54, 1.807) is 4.90 Å². The van der Waals surface area contributed by atoms with Gasteiger partial charge in [-0.3, -0.25) is 10.1 Å². The first-order valence-electron chi connectivity index (χ1n) is 5.41. The maximum absolute atomic E-state index is 13.7. The molecule has 0 saturated carbocycles. The van der Waals surface area contributed by atoms with Crippen molar-refractivity contribution in [2.45, 2.75) is 6.42 Å². The molecule has 1 aromatic carbocycles. The zero-order valence-electron chi connectivity index (χ0n) is 9.17. The zero-order valence-corrected chi connectivity index (χ0v) is 9.17. The van der Waals surface area contributed by atoms with Crippen LogP contribution >= 0.6 is 0 Å². The van der Waals surface area contributed by atoms with Crippen LogP contribution < -0.4 is 4.90 Å². The molecule has 2 rings (SSSR count). The number of aliphatic hydroxyl groups is 1. The van der Waals surface area contributed by atoms with Gasteiger partial charge in [0, 0.05) is 31.7 Å². The molecule has 0 radical (unpaired) electrons. The summed E-state index contributed by atoms with van der Waals surface area (Å²) >= 11 is 0. The molecule has 1 N–H and O–H groups in total. The van der Waals surface area contributed by atoms with Crippen molar-refractivity contribution < 1.29 is 14.4 Å². The molecule has 0 amide bonds. The van der Waals surface area contributed by atoms with E-state index in [4.69, 9.17) is 5.11 Å². The van der Waals surface area contributed by atoms with Crippen molar-refractivity contribution in [3.05, 3.63) is 34.1 Å². The molecule has 1 aromatic rings. The molecule has 6 heteroatoms. The fourth-order valence-electron chi connectivity index (χ4n) is 2.07. The van der Waals surface area contributed by atoms with Gasteiger partial charge in [-0.05, 0) is 12.5 Å². The van der Waals surface area contributed by atoms with Crippen LogP contribution in [0, 0.1) is 21.8 Å². The second-order valence-electron chi connectivity index (χ2n) is 4.18. The zero-order chi connectivity index (χ0) is 12.4. The van der Waals surface area contributed by atoms with Crippen LogP contribution in [0.15, 0.2) is 18.2 Å². The molecule has 0 bridgehead atoms. The molecule has 1 heterocycles. The molecule has 1 atom stereocenters. The van der Waals surface area contributed by atoms with E-state index in [9.17, 15) is 14.5 Å². The Hall–Kier alpha value is -1.69. The third-order valence-electron chi connectivity index (χ3n) is 3.03. The number of nitrogens with zero attached hydrogens (tertiary/aromatic N) is 2. The minimum atomic E-state index is -0.618. The lowest BCUT2D eigenvalue weighted by Crippen LogP contribution is -2.21. The highest BCUT2D eigenvalue weighted by Gasteiger charge is 2.24. The Morgan fingerprint density at radius 1 is 1.59 bits per heavy atom. The normalized spacial score (nSPS) is 19.6. The Morgan fingerprint density at radius 2 is 2.35 bits per heavy atom. The summed E-state index contributed by atoms with van der Waals surface area (Å²) in [6.07, 6.45) is 0.812. The minimum Gasteiger partial charge on any atom is -0.396 e. The molecule has 1 aliphatic rings. The van der Waals surface area contributed by atoms with E-state index >= 15 is 0 Å². The van der Waals surface area contributed by atoms with Crippen molar-refractivity contribution in [3.63, 3.8) is 0 Å². The van der Waals surface area contributed by atoms with Gasteiger partial charge in [-0.2, -0.15) is 0 Å². The van der Waals surface area contributed by atoms with Crippen molar-refractivity contribution in [1.29, 1.82) is 0 Å². The number of aliphatic hydroxyl groups excluding tert-OH is 1. The lowest BCUT2D eigenvalue weighted by molar-refractivity contribution is -0.385. The summed E-state index contributed by atoms with van der Waals surface area (Å²) in [5.41, 5.74) is 0.121. The van der Waals surface area contributed by atoms with Gasteiger partial charge in [0.1, 0.15) is 0 Å². The number of anilines is 1. The van der Waals surface area contributed by atoms with Gasteiger partial charge in [0.15, 0.2) is 5.82 Å². The van der Waals surface area contributed by atoms with Crippen LogP contribution in [0.25, 0.3) is 0 Å². The fourth-order valence-corrected chi connectivity index (χ4v) is 2.07. The molecule has 5 nitrogen and oxygen atoms in total. The van der Waals surface area contributed by atoms with Crippen molar-refractivity contribution >= 4 is 11.4 Å². The Balaban J connectivity index is 2.20. The topological polar surface area (TPSA) is 66.6 Å². The highest BCUT2D eigenvalue weighted by Crippen LogP contribution is 2.28. The maximum Gasteiger partial charge on any atom is 0.272 e. The summed E-state index contributed by atoms with van der Waals surface area (Å²) in [5, 5.41) is 19.5. The van der Waals surface area contributed by atoms with Crippen LogP contribution in [-0.4, -0.2) is 29.7 Å². The maximum atomic E-state index is 13.7. The van der Waals surface area contributed by atoms with Crippen LogP contribution in [0.2, 0.25) is 0 Å². The number of rotatable bonds is 3. The quantitative estimate of drug-likeness (QED) is 0.643. The average molecular weight is 240 g/mol. The van der Waals surface area contributed by atoms with Gasteiger partial charge in [0.25, 0.3) is 5.69 Å². The van der Waals surface area contributed by atoms with Crippen LogP contribution in [0.3, 0.4) is 0 Å². The first-order valence-corrected chi connectivity index (χ1v) is 5.41. The van der Waals surface area contributed by atoms with E-state index < -0.39 is 10.7 Å². The van der Waals surface area contributed by atoms with Crippen LogP contribution in [0.1, 0.15) is 6.42 Å². The number of non-ortho nitro benzene ring substituents is 1. The Kier molecular flexibility index (Phi) is 3.23. The summed E-state index contributed by atoms with van der Waals surface area (Å²) in [6, 6.07) is 3.65. The molecule has 0 aromatic heterocycles. The monoisotopic (exact) mass is 240 g/mol. The Labute approximate surface area is 97.6 Å². The third kappa shape index (κ3) is 2.36. The third-order valence-corrected chi connectivity index (χ3v) is 3.03. The first kappa shape index (κ1) is 11.8. The lowest BCUT2D eigenvalue weighted by atomic mass is 10.1. The standard InChI is InChI=1S/C11H13FN2O3/c12-10-5-9(14(16)17)1-2-11(10)13-4-3-8(6-13)7-15/h1-2,5,8,15H,3-4,6-7H2/t8-/m0/s1. The molecule has 92 valence electrons. The molecule has 17 heavy (non-hydrogen) atoms. The summed E-state index contributed by atoms with van der Waals surface area (Å²) in [6.45, 7) is 1.34. The molecular formula is C11H13FN2O3. The number of hydrogen-bond acceptors (Lipinski definition) is 4. The molecular weight excluding hydrogens is 227 g/mol. The second-order valence-corrected chi connectivity index (χ2v) is 4.18. The summed E-state index contributed by atoms with van der Waals surface area (Å²) in [4.78, 5) is 11.7. The van der Waals surface area contributed by atoms with Gasteiger partial charge in [-0.25, -0.2) is 4.39 Å². The second kappa shape index (κ2) is 4.67. The lowest BCUT2D eigenvalue weighted by Gasteiger charge is -2.18. The molecule has 0 aliphatic carbocycles. The number of benzene rings is 1. The van der Waals surface area contributed by atoms with Gasteiger partial charge < -0.3 is 10.0 Å². The van der Waals surface area contributed by atoms with E-state index in [0.29, 0.717) is 18.8 Å². The predicted molar refractivity (Wildman–Crippen MR) is 60.5 cm³/mol. The molecule has 0 unspecified atom stereocenters. The summed E-state index contributed by atoms with van der Waals surface area (Å²) < 4.78 is 13.7. The van der Waals surface area contributed by atoms with Gasteiger partial charge in [-0.1, -0.05) is 0 Å². The average Bonchev–Trinajstić information content (AvgIpc) is 2.77. The van der Waals surface area contributed by atoms with Crippen LogP contribution in [0.4, 0.5) is 15.8 Å². The number of halogens is 1. The van der Waals surface area contributed by atoms with Crippen LogP contribution in [0.5, 0.6) is 0 Å². The van der Waals surface area contributed by atoms with Gasteiger partial charge >= 0.3 is 0 Å². The number of hydrogen-bond donors (Lipinski definition) is 1. The van der Waals surface area contributed by atoms with Gasteiger partial charge in [0.05, 0.1) is 16.7 Å². The van der Waals surface area contributed by atoms with Crippen molar-refractivity contribution in [1.82, 2.24) is 0 Å². The van der Waals surface area contributed by atoms with E-state index in [-0.39, 0.29) is 18.2 Å². The van der Waals surface area contributed by atoms with E-state index in [1.807, 2.05) is 0 Å². The van der Waals surface area contributed by atoms with Gasteiger partial charge in [0.2, 0.25) is 0 Å². The fraction of sp³-hybridized carbons (Fsp3) is 0.455. The number of nitro benzene ring substituents is 1. The molecule has 1 fully saturated rings. The largest absolute Gasteiger partial charge is 0.396 e. The van der Waals surface area contributed by atoms with Crippen molar-refractivity contribution in [2.24, 2.45) is 5.92 Å². The highest BCUT2D eigenvalue weighted by atomic mass is 19.1. The SMILES string of the molecule is O=[N+]([O-])c1ccc(N2CC[C@H](CO)C2)c(F)c1. The summed E-state index contributed by atoms with van der Waals surface area (Å²) in [7, 11) is 0. The van der Waals surface area contributed by atoms with E-state index in [2.05, 4.69) is 0 Å². The van der Waals surface area contributed by atoms with Crippen molar-refractivity contribution in [3.8, 4) is 0 Å². The summed E-state index contributed by atoms with van der Waals surface area (Å²) in [5.74, 6) is -0.428. The Morgan fingerprint density at radius 3 is 2.88 bits per heavy atom.